The lowest BCUT2D eigenvalue weighted by atomic mass is 9.98. The highest BCUT2D eigenvalue weighted by atomic mass is 32.1. The number of imide groups is 1. The number of halogens is 1. The third-order valence-electron chi connectivity index (χ3n) is 7.74. The van der Waals surface area contributed by atoms with Crippen LogP contribution in [0.15, 0.2) is 41.9 Å². The number of nitrogens with zero attached hydrogens (tertiary/aromatic N) is 4. The van der Waals surface area contributed by atoms with Crippen molar-refractivity contribution in [2.24, 2.45) is 0 Å². The molecule has 1 unspecified atom stereocenters. The number of benzene rings is 1. The standard InChI is InChI=1S/C27H25FN6O2S/c28-15-5-9-34(14-15)16-6-10-33(11-7-16)27-30-19-4-2-1-3-17(19)23(31-27)22-21(25(35)32-26(22)36)18-13-29-20-8-12-37-24(18)20/h1-4,8,12-13,15-16,29H,5-7,9-11,14H2,(H,32,35,36). The van der Waals surface area contributed by atoms with E-state index in [1.54, 1.807) is 6.20 Å². The summed E-state index contributed by atoms with van der Waals surface area (Å²) in [7, 11) is 0. The Morgan fingerprint density at radius 1 is 0.973 bits per heavy atom. The molecule has 7 rings (SSSR count). The van der Waals surface area contributed by atoms with Gasteiger partial charge in [-0.15, -0.1) is 11.3 Å². The molecule has 188 valence electrons. The summed E-state index contributed by atoms with van der Waals surface area (Å²) >= 11 is 1.52. The largest absolute Gasteiger partial charge is 0.360 e. The molecule has 10 heteroatoms. The van der Waals surface area contributed by atoms with Crippen molar-refractivity contribution >= 4 is 61.4 Å². The van der Waals surface area contributed by atoms with Gasteiger partial charge in [0.05, 0.1) is 32.6 Å². The molecule has 0 saturated carbocycles. The van der Waals surface area contributed by atoms with Crippen molar-refractivity contribution < 1.29 is 14.0 Å². The maximum absolute atomic E-state index is 13.7. The van der Waals surface area contributed by atoms with E-state index in [4.69, 9.17) is 9.97 Å². The molecule has 0 aliphatic carbocycles. The van der Waals surface area contributed by atoms with Crippen molar-refractivity contribution in [1.82, 2.24) is 25.2 Å². The second-order valence-electron chi connectivity index (χ2n) is 9.89. The fraction of sp³-hybridized carbons (Fsp3) is 0.333. The van der Waals surface area contributed by atoms with Gasteiger partial charge in [-0.2, -0.15) is 0 Å². The summed E-state index contributed by atoms with van der Waals surface area (Å²) in [5.41, 5.74) is 3.42. The molecule has 2 saturated heterocycles. The number of piperidine rings is 1. The summed E-state index contributed by atoms with van der Waals surface area (Å²) in [6.45, 7) is 2.85. The molecule has 2 amide bonds. The van der Waals surface area contributed by atoms with Crippen LogP contribution in [0.5, 0.6) is 0 Å². The molecule has 3 aliphatic rings. The van der Waals surface area contributed by atoms with Crippen molar-refractivity contribution in [2.75, 3.05) is 31.1 Å². The number of thiophene rings is 1. The molecule has 2 fully saturated rings. The number of carbonyl (C=O) groups excluding carboxylic acids is 2. The summed E-state index contributed by atoms with van der Waals surface area (Å²) < 4.78 is 14.7. The Morgan fingerprint density at radius 3 is 2.59 bits per heavy atom. The number of rotatable bonds is 4. The predicted octanol–water partition coefficient (Wildman–Crippen LogP) is 3.75. The highest BCUT2D eigenvalue weighted by Gasteiger charge is 2.36. The van der Waals surface area contributed by atoms with Crippen molar-refractivity contribution in [3.8, 4) is 0 Å². The first-order valence-electron chi connectivity index (χ1n) is 12.6. The van der Waals surface area contributed by atoms with E-state index in [2.05, 4.69) is 20.1 Å². The summed E-state index contributed by atoms with van der Waals surface area (Å²) in [4.78, 5) is 43.6. The molecule has 2 N–H and O–H groups in total. The Kier molecular flexibility index (Phi) is 5.33. The monoisotopic (exact) mass is 516 g/mol. The third-order valence-corrected chi connectivity index (χ3v) is 8.68. The van der Waals surface area contributed by atoms with E-state index in [1.165, 1.54) is 11.3 Å². The number of carbonyl (C=O) groups is 2. The molecule has 37 heavy (non-hydrogen) atoms. The average molecular weight is 517 g/mol. The van der Waals surface area contributed by atoms with E-state index < -0.39 is 18.0 Å². The normalized spacial score (nSPS) is 21.6. The number of para-hydroxylation sites is 1. The maximum Gasteiger partial charge on any atom is 0.261 e. The zero-order chi connectivity index (χ0) is 25.1. The van der Waals surface area contributed by atoms with E-state index in [1.807, 2.05) is 35.7 Å². The lowest BCUT2D eigenvalue weighted by Crippen LogP contribution is -2.44. The van der Waals surface area contributed by atoms with Crippen LogP contribution in [0.4, 0.5) is 10.3 Å². The third kappa shape index (κ3) is 3.74. The first-order chi connectivity index (χ1) is 18.1. The number of fused-ring (bicyclic) bond motifs is 2. The second kappa shape index (κ2) is 8.74. The number of nitrogens with one attached hydrogen (secondary N) is 2. The SMILES string of the molecule is O=C1NC(=O)C(c2c[nH]c3ccsc23)=C1c1nc(N2CCC(N3CCC(F)C3)CC2)nc2ccccc12. The van der Waals surface area contributed by atoms with Crippen LogP contribution < -0.4 is 10.2 Å². The van der Waals surface area contributed by atoms with Crippen LogP contribution in [0.2, 0.25) is 0 Å². The molecular weight excluding hydrogens is 491 g/mol. The van der Waals surface area contributed by atoms with E-state index in [0.717, 1.165) is 53.6 Å². The first-order valence-corrected chi connectivity index (χ1v) is 13.5. The molecular formula is C27H25FN6O2S. The quantitative estimate of drug-likeness (QED) is 0.401. The smallest absolute Gasteiger partial charge is 0.261 e. The minimum absolute atomic E-state index is 0.278. The van der Waals surface area contributed by atoms with Crippen molar-refractivity contribution in [3.05, 3.63) is 53.2 Å². The van der Waals surface area contributed by atoms with E-state index in [9.17, 15) is 14.0 Å². The molecule has 6 heterocycles. The van der Waals surface area contributed by atoms with Crippen LogP contribution in [0.1, 0.15) is 30.5 Å². The van der Waals surface area contributed by atoms with Gasteiger partial charge in [-0.3, -0.25) is 19.8 Å². The highest BCUT2D eigenvalue weighted by Crippen LogP contribution is 2.38. The number of H-pyrrole nitrogens is 1. The summed E-state index contributed by atoms with van der Waals surface area (Å²) in [5, 5.41) is 5.17. The van der Waals surface area contributed by atoms with Crippen LogP contribution in [0.3, 0.4) is 0 Å². The Hall–Kier alpha value is -3.63. The summed E-state index contributed by atoms with van der Waals surface area (Å²) in [6.07, 6.45) is 3.50. The van der Waals surface area contributed by atoms with Crippen LogP contribution in [0, 0.1) is 0 Å². The van der Waals surface area contributed by atoms with E-state index in [-0.39, 0.29) is 5.57 Å². The summed E-state index contributed by atoms with van der Waals surface area (Å²) in [6, 6.07) is 9.91. The van der Waals surface area contributed by atoms with Gasteiger partial charge in [0.1, 0.15) is 6.17 Å². The molecule has 3 aliphatic heterocycles. The van der Waals surface area contributed by atoms with Crippen molar-refractivity contribution in [1.29, 1.82) is 0 Å². The predicted molar refractivity (Wildman–Crippen MR) is 142 cm³/mol. The lowest BCUT2D eigenvalue weighted by Gasteiger charge is -2.36. The van der Waals surface area contributed by atoms with Crippen LogP contribution in [-0.2, 0) is 9.59 Å². The van der Waals surface area contributed by atoms with Gasteiger partial charge in [0.15, 0.2) is 0 Å². The van der Waals surface area contributed by atoms with Crippen LogP contribution >= 0.6 is 11.3 Å². The summed E-state index contributed by atoms with van der Waals surface area (Å²) in [5.74, 6) is -0.323. The highest BCUT2D eigenvalue weighted by molar-refractivity contribution is 7.17. The van der Waals surface area contributed by atoms with E-state index >= 15 is 0 Å². The fourth-order valence-electron chi connectivity index (χ4n) is 5.87. The van der Waals surface area contributed by atoms with Gasteiger partial charge in [-0.25, -0.2) is 14.4 Å². The zero-order valence-electron chi connectivity index (χ0n) is 20.0. The Morgan fingerprint density at radius 2 is 1.78 bits per heavy atom. The molecule has 4 aromatic rings. The van der Waals surface area contributed by atoms with Crippen LogP contribution in [-0.4, -0.2) is 70.1 Å². The Labute approximate surface area is 216 Å². The fourth-order valence-corrected chi connectivity index (χ4v) is 6.75. The Balaban J connectivity index is 1.31. The van der Waals surface area contributed by atoms with Gasteiger partial charge in [0, 0.05) is 49.4 Å². The van der Waals surface area contributed by atoms with Gasteiger partial charge in [-0.1, -0.05) is 18.2 Å². The lowest BCUT2D eigenvalue weighted by molar-refractivity contribution is -0.122. The molecule has 8 nitrogen and oxygen atoms in total. The average Bonchev–Trinajstić information content (AvgIpc) is 3.69. The van der Waals surface area contributed by atoms with Crippen molar-refractivity contribution in [3.63, 3.8) is 0 Å². The van der Waals surface area contributed by atoms with Gasteiger partial charge < -0.3 is 9.88 Å². The number of hydrogen-bond acceptors (Lipinski definition) is 7. The topological polar surface area (TPSA) is 94.2 Å². The number of likely N-dealkylation sites (tertiary alicyclic amines) is 1. The van der Waals surface area contributed by atoms with Gasteiger partial charge in [0.2, 0.25) is 5.95 Å². The number of aromatic amines is 1. The Bertz CT molecular complexity index is 1580. The molecule has 1 aromatic carbocycles. The minimum Gasteiger partial charge on any atom is -0.360 e. The minimum atomic E-state index is -0.720. The van der Waals surface area contributed by atoms with Gasteiger partial charge >= 0.3 is 0 Å². The number of amides is 2. The van der Waals surface area contributed by atoms with Crippen molar-refractivity contribution in [2.45, 2.75) is 31.5 Å². The number of hydrogen-bond donors (Lipinski definition) is 2. The molecule has 0 bridgehead atoms. The first kappa shape index (κ1) is 22.6. The van der Waals surface area contributed by atoms with Crippen LogP contribution in [0.25, 0.3) is 32.3 Å². The molecule has 1 atom stereocenters. The zero-order valence-corrected chi connectivity index (χ0v) is 20.9. The van der Waals surface area contributed by atoms with E-state index in [0.29, 0.717) is 41.8 Å². The number of alkyl halides is 1. The molecule has 0 spiro atoms. The maximum atomic E-state index is 13.7. The number of anilines is 1. The molecule has 3 aromatic heterocycles. The number of aromatic nitrogens is 3. The van der Waals surface area contributed by atoms with Gasteiger partial charge in [0.25, 0.3) is 11.8 Å². The second-order valence-corrected chi connectivity index (χ2v) is 10.8. The van der Waals surface area contributed by atoms with Gasteiger partial charge in [-0.05, 0) is 36.8 Å². The molecule has 0 radical (unpaired) electrons.